The summed E-state index contributed by atoms with van der Waals surface area (Å²) in [6.07, 6.45) is 4.82. The molecule has 0 unspecified atom stereocenters. The van der Waals surface area contributed by atoms with Crippen LogP contribution in [0.5, 0.6) is 0 Å². The van der Waals surface area contributed by atoms with E-state index in [9.17, 15) is 19.2 Å². The van der Waals surface area contributed by atoms with E-state index in [1.807, 2.05) is 37.3 Å². The molecule has 1 aliphatic rings. The predicted molar refractivity (Wildman–Crippen MR) is 150 cm³/mol. The van der Waals surface area contributed by atoms with Gasteiger partial charge in [-0.15, -0.1) is 0 Å². The molecule has 9 nitrogen and oxygen atoms in total. The van der Waals surface area contributed by atoms with Crippen molar-refractivity contribution in [1.29, 1.82) is 0 Å². The number of alkyl carbamates (subject to hydrolysis) is 1. The van der Waals surface area contributed by atoms with E-state index < -0.39 is 48.2 Å². The molecule has 40 heavy (non-hydrogen) atoms. The van der Waals surface area contributed by atoms with Gasteiger partial charge in [-0.2, -0.15) is 0 Å². The molecule has 2 rings (SSSR count). The Balaban J connectivity index is 2.10. The summed E-state index contributed by atoms with van der Waals surface area (Å²) in [6, 6.07) is 7.98. The highest BCUT2D eigenvalue weighted by Crippen LogP contribution is 2.23. The lowest BCUT2D eigenvalue weighted by atomic mass is 9.95. The first-order valence-corrected chi connectivity index (χ1v) is 14.6. The smallest absolute Gasteiger partial charge is 0.408 e. The number of rotatable bonds is 14. The standard InChI is InChI=1S/C31H47NO8/c1-6-7-14-22(2)26(20-27(33)37-21-23-15-10-8-11-16-23)39-29(35)25(32-30(36)40-31(3,4)5)19-28(34)38-24-17-12-9-13-18-24/h8,10-11,15-16,22,24-26H,6-7,9,12-14,17-21H2,1-5H3,(H,32,36)/t22-,25+,26-/m0/s1. The summed E-state index contributed by atoms with van der Waals surface area (Å²) in [4.78, 5) is 51.4. The Morgan fingerprint density at radius 2 is 1.65 bits per heavy atom. The van der Waals surface area contributed by atoms with Crippen molar-refractivity contribution in [1.82, 2.24) is 5.32 Å². The predicted octanol–water partition coefficient (Wildman–Crippen LogP) is 6.02. The SMILES string of the molecule is CCCC[C@H](C)[C@H](CC(=O)OCc1ccccc1)OC(=O)[C@@H](CC(=O)OC1CCCCC1)NC(=O)OC(C)(C)C. The number of unbranched alkanes of at least 4 members (excludes halogenated alkanes) is 1. The minimum absolute atomic E-state index is 0.111. The summed E-state index contributed by atoms with van der Waals surface area (Å²) in [5.41, 5.74) is 0.0439. The van der Waals surface area contributed by atoms with Gasteiger partial charge in [0.2, 0.25) is 0 Å². The number of esters is 3. The van der Waals surface area contributed by atoms with Gasteiger partial charge in [0.05, 0.1) is 12.8 Å². The molecule has 1 fully saturated rings. The van der Waals surface area contributed by atoms with Gasteiger partial charge in [0.1, 0.15) is 30.5 Å². The van der Waals surface area contributed by atoms with Crippen molar-refractivity contribution in [2.45, 2.75) is 129 Å². The Hall–Kier alpha value is -3.10. The number of ether oxygens (including phenoxy) is 4. The Morgan fingerprint density at radius 1 is 0.975 bits per heavy atom. The first kappa shape index (κ1) is 33.1. The maximum atomic E-state index is 13.4. The lowest BCUT2D eigenvalue weighted by Crippen LogP contribution is -2.47. The molecule has 9 heteroatoms. The second kappa shape index (κ2) is 16.9. The first-order chi connectivity index (χ1) is 19.0. The molecular weight excluding hydrogens is 514 g/mol. The third kappa shape index (κ3) is 13.3. The van der Waals surface area contributed by atoms with Crippen LogP contribution in [0, 0.1) is 5.92 Å². The molecule has 3 atom stereocenters. The number of nitrogens with one attached hydrogen (secondary N) is 1. The fourth-order valence-corrected chi connectivity index (χ4v) is 4.49. The van der Waals surface area contributed by atoms with Crippen molar-refractivity contribution < 1.29 is 38.1 Å². The molecule has 1 aromatic rings. The second-order valence-corrected chi connectivity index (χ2v) is 11.6. The Labute approximate surface area is 238 Å². The highest BCUT2D eigenvalue weighted by Gasteiger charge is 2.33. The lowest BCUT2D eigenvalue weighted by Gasteiger charge is -2.27. The first-order valence-electron chi connectivity index (χ1n) is 14.6. The van der Waals surface area contributed by atoms with Gasteiger partial charge in [0, 0.05) is 0 Å². The Morgan fingerprint density at radius 3 is 2.27 bits per heavy atom. The van der Waals surface area contributed by atoms with Gasteiger partial charge in [0.25, 0.3) is 0 Å². The number of amides is 1. The fourth-order valence-electron chi connectivity index (χ4n) is 4.49. The summed E-state index contributed by atoms with van der Waals surface area (Å²) in [5.74, 6) is -2.07. The van der Waals surface area contributed by atoms with Gasteiger partial charge in [-0.05, 0) is 64.4 Å². The summed E-state index contributed by atoms with van der Waals surface area (Å²) in [7, 11) is 0. The minimum atomic E-state index is -1.33. The summed E-state index contributed by atoms with van der Waals surface area (Å²) < 4.78 is 22.1. The second-order valence-electron chi connectivity index (χ2n) is 11.6. The quantitative estimate of drug-likeness (QED) is 0.217. The van der Waals surface area contributed by atoms with E-state index in [2.05, 4.69) is 12.2 Å². The Bertz CT molecular complexity index is 936. The van der Waals surface area contributed by atoms with Crippen LogP contribution in [0.3, 0.4) is 0 Å². The molecule has 1 aromatic carbocycles. The molecule has 0 bridgehead atoms. The molecule has 0 radical (unpaired) electrons. The maximum absolute atomic E-state index is 13.4. The van der Waals surface area contributed by atoms with E-state index in [0.29, 0.717) is 0 Å². The molecule has 224 valence electrons. The van der Waals surface area contributed by atoms with Crippen LogP contribution in [-0.2, 0) is 39.9 Å². The molecule has 0 aliphatic heterocycles. The van der Waals surface area contributed by atoms with Gasteiger partial charge >= 0.3 is 24.0 Å². The molecule has 0 spiro atoms. The number of benzene rings is 1. The third-order valence-corrected chi connectivity index (χ3v) is 6.72. The monoisotopic (exact) mass is 561 g/mol. The van der Waals surface area contributed by atoms with Crippen LogP contribution >= 0.6 is 0 Å². The van der Waals surface area contributed by atoms with Crippen LogP contribution in [0.2, 0.25) is 0 Å². The number of hydrogen-bond donors (Lipinski definition) is 1. The van der Waals surface area contributed by atoms with E-state index in [1.54, 1.807) is 20.8 Å². The molecule has 0 saturated heterocycles. The van der Waals surface area contributed by atoms with Crippen molar-refractivity contribution in [3.63, 3.8) is 0 Å². The number of carbonyl (C=O) groups excluding carboxylic acids is 4. The molecule has 0 aromatic heterocycles. The summed E-state index contributed by atoms with van der Waals surface area (Å²) in [5, 5.41) is 2.48. The van der Waals surface area contributed by atoms with Crippen LogP contribution in [0.25, 0.3) is 0 Å². The fraction of sp³-hybridized carbons (Fsp3) is 0.677. The minimum Gasteiger partial charge on any atom is -0.462 e. The van der Waals surface area contributed by atoms with E-state index in [4.69, 9.17) is 18.9 Å². The van der Waals surface area contributed by atoms with Crippen molar-refractivity contribution in [3.05, 3.63) is 35.9 Å². The van der Waals surface area contributed by atoms with Gasteiger partial charge in [0.15, 0.2) is 0 Å². The van der Waals surface area contributed by atoms with E-state index in [-0.39, 0.29) is 25.0 Å². The summed E-state index contributed by atoms with van der Waals surface area (Å²) >= 11 is 0. The van der Waals surface area contributed by atoms with Crippen LogP contribution < -0.4 is 5.32 Å². The van der Waals surface area contributed by atoms with Crippen molar-refractivity contribution in [3.8, 4) is 0 Å². The normalized spacial score (nSPS) is 16.2. The molecule has 1 saturated carbocycles. The van der Waals surface area contributed by atoms with Crippen LogP contribution in [0.15, 0.2) is 30.3 Å². The van der Waals surface area contributed by atoms with Crippen LogP contribution in [0.1, 0.15) is 104 Å². The number of hydrogen-bond acceptors (Lipinski definition) is 8. The maximum Gasteiger partial charge on any atom is 0.408 e. The van der Waals surface area contributed by atoms with E-state index in [1.165, 1.54) is 0 Å². The lowest BCUT2D eigenvalue weighted by molar-refractivity contribution is -0.164. The molecule has 1 N–H and O–H groups in total. The van der Waals surface area contributed by atoms with E-state index in [0.717, 1.165) is 56.9 Å². The van der Waals surface area contributed by atoms with Crippen molar-refractivity contribution >= 4 is 24.0 Å². The zero-order chi connectivity index (χ0) is 29.5. The Kier molecular flexibility index (Phi) is 14.0. The van der Waals surface area contributed by atoms with Crippen molar-refractivity contribution in [2.75, 3.05) is 0 Å². The van der Waals surface area contributed by atoms with Gasteiger partial charge in [-0.1, -0.05) is 63.4 Å². The average molecular weight is 562 g/mol. The third-order valence-electron chi connectivity index (χ3n) is 6.72. The van der Waals surface area contributed by atoms with Gasteiger partial charge < -0.3 is 24.3 Å². The molecule has 1 aliphatic carbocycles. The largest absolute Gasteiger partial charge is 0.462 e. The topological polar surface area (TPSA) is 117 Å². The molecule has 0 heterocycles. The van der Waals surface area contributed by atoms with Gasteiger partial charge in [-0.3, -0.25) is 9.59 Å². The summed E-state index contributed by atoms with van der Waals surface area (Å²) in [6.45, 7) is 9.17. The highest BCUT2D eigenvalue weighted by atomic mass is 16.6. The molecule has 1 amide bonds. The van der Waals surface area contributed by atoms with E-state index >= 15 is 0 Å². The highest BCUT2D eigenvalue weighted by molar-refractivity contribution is 5.86. The zero-order valence-electron chi connectivity index (χ0n) is 24.7. The zero-order valence-corrected chi connectivity index (χ0v) is 24.7. The van der Waals surface area contributed by atoms with Crippen LogP contribution in [0.4, 0.5) is 4.79 Å². The number of carbonyl (C=O) groups is 4. The van der Waals surface area contributed by atoms with Crippen LogP contribution in [-0.4, -0.2) is 47.9 Å². The van der Waals surface area contributed by atoms with Gasteiger partial charge in [-0.25, -0.2) is 9.59 Å². The average Bonchev–Trinajstić information content (AvgIpc) is 2.89. The molecular formula is C31H47NO8. The van der Waals surface area contributed by atoms with Crippen molar-refractivity contribution in [2.24, 2.45) is 5.92 Å².